The lowest BCUT2D eigenvalue weighted by molar-refractivity contribution is 0.662. The molecule has 0 radical (unpaired) electrons. The molecule has 0 N–H and O–H groups in total. The van der Waals surface area contributed by atoms with Crippen LogP contribution in [-0.2, 0) is 0 Å². The van der Waals surface area contributed by atoms with Gasteiger partial charge in [0.2, 0.25) is 0 Å². The van der Waals surface area contributed by atoms with Gasteiger partial charge in [-0.3, -0.25) is 0 Å². The molecule has 104 valence electrons. The van der Waals surface area contributed by atoms with Gasteiger partial charge < -0.3 is 0 Å². The van der Waals surface area contributed by atoms with Crippen molar-refractivity contribution in [1.82, 2.24) is 9.97 Å². The van der Waals surface area contributed by atoms with Gasteiger partial charge in [0.15, 0.2) is 0 Å². The molecular formula is C15H14Cl2N2S. The molecule has 20 heavy (non-hydrogen) atoms. The molecule has 5 heteroatoms. The van der Waals surface area contributed by atoms with Gasteiger partial charge in [-0.05, 0) is 24.2 Å². The summed E-state index contributed by atoms with van der Waals surface area (Å²) in [7, 11) is 0. The summed E-state index contributed by atoms with van der Waals surface area (Å²) in [6, 6.07) is 9.79. The number of benzene rings is 1. The van der Waals surface area contributed by atoms with Crippen molar-refractivity contribution >= 4 is 35.0 Å². The van der Waals surface area contributed by atoms with E-state index in [2.05, 4.69) is 9.97 Å². The highest BCUT2D eigenvalue weighted by Gasteiger charge is 2.22. The maximum atomic E-state index is 6.34. The fourth-order valence-corrected chi connectivity index (χ4v) is 4.22. The van der Waals surface area contributed by atoms with E-state index < -0.39 is 0 Å². The van der Waals surface area contributed by atoms with Crippen molar-refractivity contribution < 1.29 is 0 Å². The maximum Gasteiger partial charge on any atom is 0.144 e. The van der Waals surface area contributed by atoms with Gasteiger partial charge in [-0.2, -0.15) is 11.8 Å². The van der Waals surface area contributed by atoms with Crippen LogP contribution in [0.1, 0.15) is 30.3 Å². The first-order chi connectivity index (χ1) is 9.75. The Morgan fingerprint density at radius 2 is 1.70 bits per heavy atom. The molecule has 2 aromatic rings. The Hall–Kier alpha value is -0.770. The minimum absolute atomic E-state index is 0.323. The van der Waals surface area contributed by atoms with Crippen molar-refractivity contribution in [2.75, 3.05) is 5.75 Å². The molecule has 1 aromatic carbocycles. The number of hydrogen-bond acceptors (Lipinski definition) is 3. The zero-order chi connectivity index (χ0) is 13.9. The minimum atomic E-state index is 0.323. The van der Waals surface area contributed by atoms with Crippen molar-refractivity contribution in [3.8, 4) is 11.1 Å². The summed E-state index contributed by atoms with van der Waals surface area (Å²) < 4.78 is 0. The van der Waals surface area contributed by atoms with E-state index >= 15 is 0 Å². The van der Waals surface area contributed by atoms with Crippen LogP contribution >= 0.6 is 35.0 Å². The Labute approximate surface area is 132 Å². The monoisotopic (exact) mass is 324 g/mol. The lowest BCUT2D eigenvalue weighted by atomic mass is 10.1. The van der Waals surface area contributed by atoms with Gasteiger partial charge in [0.1, 0.15) is 16.1 Å². The highest BCUT2D eigenvalue weighted by Crippen LogP contribution is 2.39. The fourth-order valence-electron chi connectivity index (χ4n) is 2.35. The van der Waals surface area contributed by atoms with Crippen molar-refractivity contribution in [2.24, 2.45) is 0 Å². The van der Waals surface area contributed by atoms with Crippen molar-refractivity contribution in [3.63, 3.8) is 0 Å². The molecule has 0 saturated carbocycles. The van der Waals surface area contributed by atoms with E-state index in [9.17, 15) is 0 Å². The molecule has 0 aliphatic carbocycles. The molecular weight excluding hydrogens is 311 g/mol. The molecule has 0 bridgehead atoms. The number of rotatable bonds is 2. The Balaban J connectivity index is 1.98. The van der Waals surface area contributed by atoms with Gasteiger partial charge >= 0.3 is 0 Å². The number of thioether (sulfide) groups is 1. The third kappa shape index (κ3) is 2.95. The van der Waals surface area contributed by atoms with Gasteiger partial charge in [0.05, 0.1) is 10.8 Å². The third-order valence-corrected chi connectivity index (χ3v) is 5.29. The van der Waals surface area contributed by atoms with Crippen LogP contribution < -0.4 is 0 Å². The second kappa shape index (κ2) is 6.33. The topological polar surface area (TPSA) is 25.8 Å². The largest absolute Gasteiger partial charge is 0.219 e. The molecule has 1 aliphatic heterocycles. The summed E-state index contributed by atoms with van der Waals surface area (Å²) in [4.78, 5) is 8.97. The van der Waals surface area contributed by atoms with E-state index in [-0.39, 0.29) is 0 Å². The predicted octanol–water partition coefficient (Wildman–Crippen LogP) is 5.41. The standard InChI is InChI=1S/C15H14Cl2N2S/c16-13-12(10-6-2-1-3-7-10)14(17)19-15(18-13)11-8-4-5-9-20-11/h1-3,6-7,11H,4-5,8-9H2. The summed E-state index contributed by atoms with van der Waals surface area (Å²) in [5.74, 6) is 1.92. The van der Waals surface area contributed by atoms with Crippen LogP contribution in [0.3, 0.4) is 0 Å². The molecule has 1 aromatic heterocycles. The summed E-state index contributed by atoms with van der Waals surface area (Å²) >= 11 is 14.6. The van der Waals surface area contributed by atoms with E-state index in [1.54, 1.807) is 0 Å². The average molecular weight is 325 g/mol. The molecule has 1 aliphatic rings. The molecule has 0 amide bonds. The Morgan fingerprint density at radius 1 is 1.00 bits per heavy atom. The smallest absolute Gasteiger partial charge is 0.144 e. The Kier molecular flexibility index (Phi) is 4.49. The Morgan fingerprint density at radius 3 is 2.30 bits per heavy atom. The van der Waals surface area contributed by atoms with E-state index in [0.29, 0.717) is 15.6 Å². The van der Waals surface area contributed by atoms with Crippen LogP contribution in [-0.4, -0.2) is 15.7 Å². The second-order valence-electron chi connectivity index (χ2n) is 4.76. The summed E-state index contributed by atoms with van der Waals surface area (Å²) in [5, 5.41) is 1.21. The molecule has 3 rings (SSSR count). The maximum absolute atomic E-state index is 6.34. The fraction of sp³-hybridized carbons (Fsp3) is 0.333. The zero-order valence-electron chi connectivity index (χ0n) is 10.9. The average Bonchev–Trinajstić information content (AvgIpc) is 2.48. The predicted molar refractivity (Wildman–Crippen MR) is 86.5 cm³/mol. The number of halogens is 2. The summed E-state index contributed by atoms with van der Waals surface area (Å²) in [5.41, 5.74) is 1.67. The summed E-state index contributed by atoms with van der Waals surface area (Å²) in [6.45, 7) is 0. The lowest BCUT2D eigenvalue weighted by Gasteiger charge is -2.20. The zero-order valence-corrected chi connectivity index (χ0v) is 13.2. The quantitative estimate of drug-likeness (QED) is 0.691. The van der Waals surface area contributed by atoms with Crippen molar-refractivity contribution in [1.29, 1.82) is 0 Å². The van der Waals surface area contributed by atoms with E-state index in [4.69, 9.17) is 23.2 Å². The Bertz CT molecular complexity index is 575. The molecule has 2 heterocycles. The first kappa shape index (κ1) is 14.2. The third-order valence-electron chi connectivity index (χ3n) is 3.37. The lowest BCUT2D eigenvalue weighted by Crippen LogP contribution is -2.07. The molecule has 0 spiro atoms. The number of hydrogen-bond donors (Lipinski definition) is 0. The van der Waals surface area contributed by atoms with E-state index in [0.717, 1.165) is 29.1 Å². The van der Waals surface area contributed by atoms with Crippen LogP contribution in [0.25, 0.3) is 11.1 Å². The van der Waals surface area contributed by atoms with Gasteiger partial charge in [-0.1, -0.05) is 60.0 Å². The van der Waals surface area contributed by atoms with E-state index in [1.807, 2.05) is 42.1 Å². The van der Waals surface area contributed by atoms with Gasteiger partial charge in [0.25, 0.3) is 0 Å². The highest BCUT2D eigenvalue weighted by molar-refractivity contribution is 7.99. The molecule has 1 fully saturated rings. The summed E-state index contributed by atoms with van der Waals surface area (Å²) in [6.07, 6.45) is 3.59. The SMILES string of the molecule is Clc1nc(C2CCCCS2)nc(Cl)c1-c1ccccc1. The normalized spacial score (nSPS) is 19.0. The van der Waals surface area contributed by atoms with Crippen molar-refractivity contribution in [3.05, 3.63) is 46.5 Å². The van der Waals surface area contributed by atoms with Crippen LogP contribution in [0, 0.1) is 0 Å². The minimum Gasteiger partial charge on any atom is -0.219 e. The molecule has 1 saturated heterocycles. The van der Waals surface area contributed by atoms with Gasteiger partial charge in [-0.25, -0.2) is 9.97 Å². The molecule has 1 unspecified atom stereocenters. The van der Waals surface area contributed by atoms with Crippen LogP contribution in [0.15, 0.2) is 30.3 Å². The van der Waals surface area contributed by atoms with Crippen molar-refractivity contribution in [2.45, 2.75) is 24.5 Å². The van der Waals surface area contributed by atoms with E-state index in [1.165, 1.54) is 12.8 Å². The van der Waals surface area contributed by atoms with Gasteiger partial charge in [-0.15, -0.1) is 0 Å². The van der Waals surface area contributed by atoms with Crippen LogP contribution in [0.5, 0.6) is 0 Å². The number of aromatic nitrogens is 2. The van der Waals surface area contributed by atoms with Crippen LogP contribution in [0.4, 0.5) is 0 Å². The second-order valence-corrected chi connectivity index (χ2v) is 6.79. The van der Waals surface area contributed by atoms with Crippen LogP contribution in [0.2, 0.25) is 10.3 Å². The molecule has 1 atom stereocenters. The van der Waals surface area contributed by atoms with Gasteiger partial charge in [0, 0.05) is 0 Å². The molecule has 2 nitrogen and oxygen atoms in total. The number of nitrogens with zero attached hydrogens (tertiary/aromatic N) is 2. The first-order valence-electron chi connectivity index (χ1n) is 6.65. The highest BCUT2D eigenvalue weighted by atomic mass is 35.5. The first-order valence-corrected chi connectivity index (χ1v) is 8.46.